The molecule has 6 rings (SSSR count). The molecule has 0 atom stereocenters. The molecule has 1 saturated heterocycles. The zero-order valence-electron chi connectivity index (χ0n) is 17.6. The molecule has 9 nitrogen and oxygen atoms in total. The van der Waals surface area contributed by atoms with E-state index in [0.717, 1.165) is 29.9 Å². The smallest absolute Gasteiger partial charge is 0.321 e. The molecule has 30 heavy (non-hydrogen) atoms. The Kier molecular flexibility index (Phi) is 4.10. The second-order valence-corrected chi connectivity index (χ2v) is 9.67. The maximum atomic E-state index is 13.2. The van der Waals surface area contributed by atoms with E-state index in [2.05, 4.69) is 10.4 Å². The number of hydrogen-bond donors (Lipinski definition) is 1. The fraction of sp³-hybridized carbons (Fsp3) is 0.667. The van der Waals surface area contributed by atoms with E-state index in [1.54, 1.807) is 18.7 Å². The predicted octanol–water partition coefficient (Wildman–Crippen LogP) is 1.74. The molecule has 2 heterocycles. The predicted molar refractivity (Wildman–Crippen MR) is 106 cm³/mol. The first-order chi connectivity index (χ1) is 14.2. The van der Waals surface area contributed by atoms with E-state index in [1.807, 2.05) is 6.92 Å². The average molecular weight is 413 g/mol. The summed E-state index contributed by atoms with van der Waals surface area (Å²) in [6.45, 7) is 3.12. The van der Waals surface area contributed by atoms with Gasteiger partial charge in [-0.3, -0.25) is 19.1 Å². The van der Waals surface area contributed by atoms with Gasteiger partial charge in [0.1, 0.15) is 6.54 Å². The minimum absolute atomic E-state index is 0.472. The number of nitrogens with zero attached hydrogens (tertiary/aromatic N) is 4. The Morgan fingerprint density at radius 2 is 1.60 bits per heavy atom. The molecule has 1 aliphatic heterocycles. The Hall–Kier alpha value is -2.71. The van der Waals surface area contributed by atoms with Crippen LogP contribution in [0, 0.1) is 31.6 Å². The van der Waals surface area contributed by atoms with Crippen molar-refractivity contribution >= 4 is 29.4 Å². The summed E-state index contributed by atoms with van der Waals surface area (Å²) in [6, 6.07) is -0.637. The quantitative estimate of drug-likeness (QED) is 0.598. The number of imide groups is 2. The Morgan fingerprint density at radius 1 is 1.03 bits per heavy atom. The van der Waals surface area contributed by atoms with E-state index in [-0.39, 0.29) is 0 Å². The van der Waals surface area contributed by atoms with Crippen LogP contribution in [0.15, 0.2) is 0 Å². The monoisotopic (exact) mass is 413 g/mol. The SMILES string of the molecule is Cc1nn(C)c(C)c1NC(=O)CN1C(=O)C(=O)N(C23CC4CC(CC(C4)C2)C3)C1=O. The molecular formula is C21H27N5O4. The second kappa shape index (κ2) is 6.39. The van der Waals surface area contributed by atoms with Crippen LogP contribution in [0.3, 0.4) is 0 Å². The number of nitrogens with one attached hydrogen (secondary N) is 1. The summed E-state index contributed by atoms with van der Waals surface area (Å²) in [4.78, 5) is 53.3. The van der Waals surface area contributed by atoms with Crippen LogP contribution in [0.5, 0.6) is 0 Å². The van der Waals surface area contributed by atoms with Crippen molar-refractivity contribution in [1.82, 2.24) is 19.6 Å². The summed E-state index contributed by atoms with van der Waals surface area (Å²) in [5.74, 6) is -0.604. The van der Waals surface area contributed by atoms with Gasteiger partial charge in [0.2, 0.25) is 5.91 Å². The van der Waals surface area contributed by atoms with Gasteiger partial charge in [-0.05, 0) is 70.1 Å². The van der Waals surface area contributed by atoms with Gasteiger partial charge < -0.3 is 5.32 Å². The summed E-state index contributed by atoms with van der Waals surface area (Å²) >= 11 is 0. The van der Waals surface area contributed by atoms with Gasteiger partial charge in [0.25, 0.3) is 0 Å². The fourth-order valence-electron chi connectivity index (χ4n) is 6.68. The van der Waals surface area contributed by atoms with E-state index in [1.165, 1.54) is 24.2 Å². The molecule has 5 fully saturated rings. The third-order valence-electron chi connectivity index (χ3n) is 7.61. The molecule has 0 unspecified atom stereocenters. The average Bonchev–Trinajstić information content (AvgIpc) is 3.02. The lowest BCUT2D eigenvalue weighted by atomic mass is 9.52. The molecule has 0 radical (unpaired) electrons. The lowest BCUT2D eigenvalue weighted by molar-refractivity contribution is -0.150. The van der Waals surface area contributed by atoms with E-state index in [0.29, 0.717) is 29.1 Å². The van der Waals surface area contributed by atoms with Crippen LogP contribution in [-0.4, -0.2) is 55.4 Å². The Balaban J connectivity index is 1.35. The Labute approximate surface area is 174 Å². The van der Waals surface area contributed by atoms with Crippen molar-refractivity contribution in [3.63, 3.8) is 0 Å². The Morgan fingerprint density at radius 3 is 2.10 bits per heavy atom. The van der Waals surface area contributed by atoms with Gasteiger partial charge >= 0.3 is 17.8 Å². The number of carbonyl (C=O) groups is 4. The van der Waals surface area contributed by atoms with Crippen molar-refractivity contribution in [2.24, 2.45) is 24.8 Å². The molecule has 4 bridgehead atoms. The van der Waals surface area contributed by atoms with Gasteiger partial charge in [-0.1, -0.05) is 0 Å². The van der Waals surface area contributed by atoms with E-state index in [4.69, 9.17) is 0 Å². The molecular weight excluding hydrogens is 386 g/mol. The minimum Gasteiger partial charge on any atom is -0.321 e. The molecule has 0 aromatic carbocycles. The maximum absolute atomic E-state index is 13.2. The van der Waals surface area contributed by atoms with Crippen LogP contribution in [0.25, 0.3) is 0 Å². The molecule has 1 aromatic heterocycles. The molecule has 5 aliphatic rings. The highest BCUT2D eigenvalue weighted by Crippen LogP contribution is 2.58. The third kappa shape index (κ3) is 2.70. The van der Waals surface area contributed by atoms with Crippen molar-refractivity contribution in [2.75, 3.05) is 11.9 Å². The van der Waals surface area contributed by atoms with Crippen molar-refractivity contribution in [2.45, 2.75) is 57.9 Å². The third-order valence-corrected chi connectivity index (χ3v) is 7.61. The van der Waals surface area contributed by atoms with Crippen LogP contribution in [-0.2, 0) is 21.4 Å². The molecule has 160 valence electrons. The van der Waals surface area contributed by atoms with Crippen molar-refractivity contribution in [3.8, 4) is 0 Å². The first-order valence-corrected chi connectivity index (χ1v) is 10.7. The van der Waals surface area contributed by atoms with Crippen molar-refractivity contribution in [3.05, 3.63) is 11.4 Å². The van der Waals surface area contributed by atoms with Crippen LogP contribution < -0.4 is 5.32 Å². The van der Waals surface area contributed by atoms with E-state index >= 15 is 0 Å². The van der Waals surface area contributed by atoms with Crippen molar-refractivity contribution in [1.29, 1.82) is 0 Å². The molecule has 4 saturated carbocycles. The number of urea groups is 1. The van der Waals surface area contributed by atoms with Gasteiger partial charge in [0.05, 0.1) is 22.6 Å². The zero-order chi connectivity index (χ0) is 21.4. The highest BCUT2D eigenvalue weighted by molar-refractivity contribution is 6.45. The first kappa shape index (κ1) is 19.3. The molecule has 1 N–H and O–H groups in total. The maximum Gasteiger partial charge on any atom is 0.335 e. The first-order valence-electron chi connectivity index (χ1n) is 10.7. The highest BCUT2D eigenvalue weighted by Gasteiger charge is 2.61. The molecule has 1 aromatic rings. The number of aromatic nitrogens is 2. The lowest BCUT2D eigenvalue weighted by Crippen LogP contribution is -2.62. The lowest BCUT2D eigenvalue weighted by Gasteiger charge is -2.58. The number of hydrogen-bond acceptors (Lipinski definition) is 5. The number of anilines is 1. The number of carbonyl (C=O) groups excluding carboxylic acids is 4. The molecule has 4 aliphatic carbocycles. The van der Waals surface area contributed by atoms with Gasteiger partial charge in [0.15, 0.2) is 0 Å². The van der Waals surface area contributed by atoms with Gasteiger partial charge in [-0.2, -0.15) is 5.10 Å². The number of amides is 5. The van der Waals surface area contributed by atoms with Crippen LogP contribution in [0.2, 0.25) is 0 Å². The molecule has 9 heteroatoms. The number of rotatable bonds is 4. The summed E-state index contributed by atoms with van der Waals surface area (Å²) in [5, 5.41) is 6.98. The largest absolute Gasteiger partial charge is 0.335 e. The van der Waals surface area contributed by atoms with Gasteiger partial charge in [-0.25, -0.2) is 14.6 Å². The normalized spacial score (nSPS) is 32.5. The number of aryl methyl sites for hydroxylation is 2. The second-order valence-electron chi connectivity index (χ2n) is 9.67. The van der Waals surface area contributed by atoms with E-state index < -0.39 is 35.8 Å². The summed E-state index contributed by atoms with van der Waals surface area (Å²) < 4.78 is 1.65. The van der Waals surface area contributed by atoms with Gasteiger partial charge in [0, 0.05) is 7.05 Å². The Bertz CT molecular complexity index is 945. The molecule has 0 spiro atoms. The van der Waals surface area contributed by atoms with Crippen molar-refractivity contribution < 1.29 is 19.2 Å². The standard InChI is InChI=1S/C21H27N5O4/c1-11-17(12(2)24(3)23-11)22-16(27)10-25-18(28)19(29)26(20(25)30)21-7-13-4-14(8-21)6-15(5-13)9-21/h13-15H,4-10H2,1-3H3,(H,22,27). The highest BCUT2D eigenvalue weighted by atomic mass is 16.2. The van der Waals surface area contributed by atoms with Crippen LogP contribution in [0.1, 0.15) is 49.9 Å². The fourth-order valence-corrected chi connectivity index (χ4v) is 6.68. The summed E-state index contributed by atoms with van der Waals surface area (Å²) in [6.07, 6.45) is 5.87. The summed E-state index contributed by atoms with van der Waals surface area (Å²) in [7, 11) is 1.77. The summed E-state index contributed by atoms with van der Waals surface area (Å²) in [5.41, 5.74) is 1.44. The minimum atomic E-state index is -0.898. The topological polar surface area (TPSA) is 105 Å². The van der Waals surface area contributed by atoms with Crippen LogP contribution >= 0.6 is 0 Å². The molecule has 5 amide bonds. The van der Waals surface area contributed by atoms with Crippen LogP contribution in [0.4, 0.5) is 10.5 Å². The zero-order valence-corrected chi connectivity index (χ0v) is 17.6. The van der Waals surface area contributed by atoms with E-state index in [9.17, 15) is 19.2 Å². The van der Waals surface area contributed by atoms with Gasteiger partial charge in [-0.15, -0.1) is 0 Å².